The van der Waals surface area contributed by atoms with Crippen LogP contribution in [0.5, 0.6) is 0 Å². The van der Waals surface area contributed by atoms with Crippen LogP contribution in [0.3, 0.4) is 0 Å². The molecule has 0 unspecified atom stereocenters. The largest absolute Gasteiger partial charge is 0.462 e. The first-order valence-electron chi connectivity index (χ1n) is 14.5. The van der Waals surface area contributed by atoms with E-state index in [4.69, 9.17) is 15.2 Å². The summed E-state index contributed by atoms with van der Waals surface area (Å²) in [6.45, 7) is 14.7. The molecule has 1 aliphatic rings. The van der Waals surface area contributed by atoms with Crippen molar-refractivity contribution >= 4 is 12.1 Å². The predicted molar refractivity (Wildman–Crippen MR) is 155 cm³/mol. The van der Waals surface area contributed by atoms with Gasteiger partial charge in [0.1, 0.15) is 12.2 Å². The van der Waals surface area contributed by atoms with Crippen LogP contribution in [0.2, 0.25) is 0 Å². The molecule has 1 rings (SSSR count). The highest BCUT2D eigenvalue weighted by Crippen LogP contribution is 2.30. The number of rotatable bonds is 15. The van der Waals surface area contributed by atoms with Gasteiger partial charge in [-0.3, -0.25) is 4.79 Å². The first-order valence-corrected chi connectivity index (χ1v) is 14.5. The zero-order chi connectivity index (χ0) is 30.7. The average molecular weight is 568 g/mol. The standard InChI is InChI=1S/C31H53NO8/c1-9-11-20(5)29(40-31(32)38)22(7)27(35)18(3)13-10-12-17(2)26(34)19(4)14-15-24(33)16-25-21(6)28(36)23(8)30(37)39-25/h9-12,14-15,17-29,33-36H,13,16H2,1-8H3,(H2,32,38)/b11-9-,12-10-,15-14-/t17-,18-,19-,20-,21-,22-,23+,24+,25-,26-,27+,28-,29-/m0/s1. The number of cyclic esters (lactones) is 1. The van der Waals surface area contributed by atoms with E-state index in [0.29, 0.717) is 6.42 Å². The molecule has 0 spiro atoms. The van der Waals surface area contributed by atoms with Crippen LogP contribution in [0, 0.1) is 41.4 Å². The molecule has 9 heteroatoms. The Bertz CT molecular complexity index is 873. The highest BCUT2D eigenvalue weighted by Gasteiger charge is 2.40. The second-order valence-corrected chi connectivity index (χ2v) is 11.8. The van der Waals surface area contributed by atoms with Gasteiger partial charge in [0, 0.05) is 36.0 Å². The molecule has 0 aliphatic carbocycles. The smallest absolute Gasteiger partial charge is 0.404 e. The molecule has 0 bridgehead atoms. The molecule has 6 N–H and O–H groups in total. The van der Waals surface area contributed by atoms with Gasteiger partial charge in [-0.15, -0.1) is 0 Å². The molecule has 230 valence electrons. The zero-order valence-corrected chi connectivity index (χ0v) is 25.4. The highest BCUT2D eigenvalue weighted by molar-refractivity contribution is 5.73. The molecule has 0 aromatic heterocycles. The lowest BCUT2D eigenvalue weighted by molar-refractivity contribution is -0.179. The molecule has 0 radical (unpaired) electrons. The molecule has 1 aliphatic heterocycles. The molecule has 1 fully saturated rings. The molecular formula is C31H53NO8. The van der Waals surface area contributed by atoms with Crippen LogP contribution in [0.4, 0.5) is 4.79 Å². The number of nitrogens with two attached hydrogens (primary N) is 1. The summed E-state index contributed by atoms with van der Waals surface area (Å²) >= 11 is 0. The third kappa shape index (κ3) is 10.7. The van der Waals surface area contributed by atoms with Gasteiger partial charge in [0.05, 0.1) is 30.3 Å². The third-order valence-electron chi connectivity index (χ3n) is 8.32. The monoisotopic (exact) mass is 567 g/mol. The van der Waals surface area contributed by atoms with E-state index in [9.17, 15) is 30.0 Å². The lowest BCUT2D eigenvalue weighted by atomic mass is 9.82. The minimum absolute atomic E-state index is 0.107. The first kappa shape index (κ1) is 35.8. The molecule has 0 aromatic carbocycles. The second-order valence-electron chi connectivity index (χ2n) is 11.8. The van der Waals surface area contributed by atoms with Gasteiger partial charge in [-0.2, -0.15) is 0 Å². The average Bonchev–Trinajstić information content (AvgIpc) is 2.90. The van der Waals surface area contributed by atoms with Gasteiger partial charge in [-0.25, -0.2) is 4.79 Å². The van der Waals surface area contributed by atoms with Crippen LogP contribution in [0.25, 0.3) is 0 Å². The van der Waals surface area contributed by atoms with Crippen LogP contribution in [-0.2, 0) is 14.3 Å². The van der Waals surface area contributed by atoms with Crippen molar-refractivity contribution < 1.29 is 39.5 Å². The Morgan fingerprint density at radius 3 is 2.15 bits per heavy atom. The lowest BCUT2D eigenvalue weighted by Crippen LogP contribution is -2.47. The Kier molecular flexibility index (Phi) is 15.2. The third-order valence-corrected chi connectivity index (χ3v) is 8.32. The minimum Gasteiger partial charge on any atom is -0.462 e. The summed E-state index contributed by atoms with van der Waals surface area (Å²) in [4.78, 5) is 23.3. The number of hydrogen-bond donors (Lipinski definition) is 5. The first-order chi connectivity index (χ1) is 18.6. The Balaban J connectivity index is 2.65. The summed E-state index contributed by atoms with van der Waals surface area (Å²) in [5.74, 6) is -2.35. The molecule has 1 amide bonds. The SMILES string of the molecule is C/C=C\[C@H](C)[C@H](OC(N)=O)[C@@H](C)[C@H](O)[C@@H](C)C/C=C\[C@H](C)[C@H](O)[C@@H](C)/C=C\[C@@H](O)C[C@@H]1OC(=O)[C@H](C)[C@@H](O)[C@H]1C. The van der Waals surface area contributed by atoms with Crippen molar-refractivity contribution in [1.29, 1.82) is 0 Å². The van der Waals surface area contributed by atoms with Crippen molar-refractivity contribution in [2.75, 3.05) is 0 Å². The van der Waals surface area contributed by atoms with E-state index < -0.39 is 54.6 Å². The van der Waals surface area contributed by atoms with E-state index in [1.165, 1.54) is 0 Å². The molecule has 0 aromatic rings. The molecule has 13 atom stereocenters. The second kappa shape index (κ2) is 16.9. The Morgan fingerprint density at radius 2 is 1.57 bits per heavy atom. The fraction of sp³-hybridized carbons (Fsp3) is 0.742. The minimum atomic E-state index is -0.886. The molecule has 1 saturated heterocycles. The zero-order valence-electron chi connectivity index (χ0n) is 25.4. The van der Waals surface area contributed by atoms with Crippen molar-refractivity contribution in [3.8, 4) is 0 Å². The van der Waals surface area contributed by atoms with E-state index in [1.54, 1.807) is 26.0 Å². The number of hydrogen-bond acceptors (Lipinski definition) is 8. The fourth-order valence-corrected chi connectivity index (χ4v) is 5.37. The fourth-order valence-electron chi connectivity index (χ4n) is 5.37. The number of primary amides is 1. The van der Waals surface area contributed by atoms with E-state index in [0.717, 1.165) is 0 Å². The van der Waals surface area contributed by atoms with Crippen LogP contribution < -0.4 is 5.73 Å². The van der Waals surface area contributed by atoms with Crippen molar-refractivity contribution in [2.24, 2.45) is 47.2 Å². The number of carbonyl (C=O) groups excluding carboxylic acids is 2. The van der Waals surface area contributed by atoms with Crippen LogP contribution >= 0.6 is 0 Å². The predicted octanol–water partition coefficient (Wildman–Crippen LogP) is 3.74. The number of allylic oxidation sites excluding steroid dienone is 2. The molecule has 1 heterocycles. The van der Waals surface area contributed by atoms with E-state index in [1.807, 2.05) is 65.8 Å². The molecule has 40 heavy (non-hydrogen) atoms. The molecule has 0 saturated carbocycles. The van der Waals surface area contributed by atoms with Crippen molar-refractivity contribution in [3.05, 3.63) is 36.5 Å². The number of aliphatic hydroxyl groups is 4. The lowest BCUT2D eigenvalue weighted by Gasteiger charge is -2.36. The maximum Gasteiger partial charge on any atom is 0.404 e. The number of aliphatic hydroxyl groups excluding tert-OH is 4. The Morgan fingerprint density at radius 1 is 0.975 bits per heavy atom. The number of carbonyl (C=O) groups is 2. The summed E-state index contributed by atoms with van der Waals surface area (Å²) < 4.78 is 10.7. The molecule has 9 nitrogen and oxygen atoms in total. The van der Waals surface area contributed by atoms with E-state index in [-0.39, 0.29) is 41.9 Å². The Labute approximate surface area is 240 Å². The maximum absolute atomic E-state index is 11.9. The number of amides is 1. The van der Waals surface area contributed by atoms with Gasteiger partial charge in [-0.1, -0.05) is 78.0 Å². The van der Waals surface area contributed by atoms with E-state index >= 15 is 0 Å². The van der Waals surface area contributed by atoms with Crippen LogP contribution in [0.1, 0.15) is 68.2 Å². The maximum atomic E-state index is 11.9. The van der Waals surface area contributed by atoms with E-state index in [2.05, 4.69) is 0 Å². The van der Waals surface area contributed by atoms with Crippen molar-refractivity contribution in [1.82, 2.24) is 0 Å². The van der Waals surface area contributed by atoms with Gasteiger partial charge in [0.25, 0.3) is 0 Å². The Hall–Kier alpha value is -2.20. The summed E-state index contributed by atoms with van der Waals surface area (Å²) in [5, 5.41) is 42.4. The summed E-state index contributed by atoms with van der Waals surface area (Å²) in [6, 6.07) is 0. The summed E-state index contributed by atoms with van der Waals surface area (Å²) in [6.07, 6.45) is 6.56. The van der Waals surface area contributed by atoms with Gasteiger partial charge in [0.2, 0.25) is 0 Å². The quantitative estimate of drug-likeness (QED) is 0.148. The molecular weight excluding hydrogens is 514 g/mol. The van der Waals surface area contributed by atoms with Gasteiger partial charge in [0.15, 0.2) is 0 Å². The van der Waals surface area contributed by atoms with Gasteiger partial charge in [-0.05, 0) is 26.2 Å². The van der Waals surface area contributed by atoms with Crippen LogP contribution in [-0.4, -0.2) is 69.1 Å². The number of ether oxygens (including phenoxy) is 2. The van der Waals surface area contributed by atoms with Gasteiger partial charge >= 0.3 is 12.1 Å². The van der Waals surface area contributed by atoms with Gasteiger partial charge < -0.3 is 35.6 Å². The highest BCUT2D eigenvalue weighted by atomic mass is 16.6. The summed E-state index contributed by atoms with van der Waals surface area (Å²) in [5.41, 5.74) is 5.26. The normalized spacial score (nSPS) is 28.9. The topological polar surface area (TPSA) is 160 Å². The number of esters is 1. The van der Waals surface area contributed by atoms with Crippen molar-refractivity contribution in [3.63, 3.8) is 0 Å². The summed E-state index contributed by atoms with van der Waals surface area (Å²) in [7, 11) is 0. The van der Waals surface area contributed by atoms with Crippen LogP contribution in [0.15, 0.2) is 36.5 Å². The van der Waals surface area contributed by atoms with Crippen molar-refractivity contribution in [2.45, 2.75) is 105 Å².